The third kappa shape index (κ3) is 4.23. The summed E-state index contributed by atoms with van der Waals surface area (Å²) in [7, 11) is 0. The molecule has 7 nitrogen and oxygen atoms in total. The van der Waals surface area contributed by atoms with Crippen molar-refractivity contribution in [3.8, 4) is 0 Å². The predicted molar refractivity (Wildman–Crippen MR) is 92.7 cm³/mol. The molecule has 3 rings (SSSR count). The first-order valence-electron chi connectivity index (χ1n) is 8.74. The number of aliphatic hydroxyl groups excluding tert-OH is 1. The standard InChI is InChI=1S/C16H28N6O/c17-16-19-14(18-6-11-23)12-15(20-16)22-9-4-13(5-10-22)21-7-2-1-3-8-21/h12-13,23H,1-11H2,(H3,17,18,19,20). The summed E-state index contributed by atoms with van der Waals surface area (Å²) in [6.07, 6.45) is 6.46. The number of nitrogen functional groups attached to an aromatic ring is 1. The van der Waals surface area contributed by atoms with E-state index in [9.17, 15) is 0 Å². The van der Waals surface area contributed by atoms with Gasteiger partial charge in [-0.2, -0.15) is 9.97 Å². The van der Waals surface area contributed by atoms with E-state index in [-0.39, 0.29) is 12.6 Å². The zero-order valence-electron chi connectivity index (χ0n) is 13.7. The number of aliphatic hydroxyl groups is 1. The van der Waals surface area contributed by atoms with Gasteiger partial charge in [0.2, 0.25) is 5.95 Å². The lowest BCUT2D eigenvalue weighted by Gasteiger charge is -2.40. The van der Waals surface area contributed by atoms with Crippen molar-refractivity contribution in [3.05, 3.63) is 6.07 Å². The highest BCUT2D eigenvalue weighted by Crippen LogP contribution is 2.25. The summed E-state index contributed by atoms with van der Waals surface area (Å²) in [5, 5.41) is 12.0. The Morgan fingerprint density at radius 1 is 1.13 bits per heavy atom. The van der Waals surface area contributed by atoms with Crippen molar-refractivity contribution in [3.63, 3.8) is 0 Å². The van der Waals surface area contributed by atoms with Crippen LogP contribution in [-0.2, 0) is 0 Å². The Labute approximate surface area is 137 Å². The Hall–Kier alpha value is -1.60. The third-order valence-corrected chi connectivity index (χ3v) is 4.84. The van der Waals surface area contributed by atoms with Gasteiger partial charge in [0, 0.05) is 31.7 Å². The molecule has 0 amide bonds. The van der Waals surface area contributed by atoms with Crippen LogP contribution in [0.2, 0.25) is 0 Å². The van der Waals surface area contributed by atoms with Crippen LogP contribution in [0.3, 0.4) is 0 Å². The fourth-order valence-electron chi connectivity index (χ4n) is 3.63. The van der Waals surface area contributed by atoms with Crippen LogP contribution < -0.4 is 16.0 Å². The Bertz CT molecular complexity index is 497. The fraction of sp³-hybridized carbons (Fsp3) is 0.750. The highest BCUT2D eigenvalue weighted by atomic mass is 16.3. The maximum Gasteiger partial charge on any atom is 0.223 e. The van der Waals surface area contributed by atoms with E-state index in [2.05, 4.69) is 25.1 Å². The molecule has 0 radical (unpaired) electrons. The summed E-state index contributed by atoms with van der Waals surface area (Å²) >= 11 is 0. The van der Waals surface area contributed by atoms with Gasteiger partial charge in [-0.05, 0) is 38.8 Å². The third-order valence-electron chi connectivity index (χ3n) is 4.84. The average Bonchev–Trinajstić information content (AvgIpc) is 2.60. The van der Waals surface area contributed by atoms with Gasteiger partial charge in [-0.15, -0.1) is 0 Å². The maximum absolute atomic E-state index is 8.92. The minimum atomic E-state index is 0.0699. The van der Waals surface area contributed by atoms with Crippen LogP contribution in [0.15, 0.2) is 6.07 Å². The predicted octanol–water partition coefficient (Wildman–Crippen LogP) is 0.918. The SMILES string of the molecule is Nc1nc(NCCO)cc(N2CCC(N3CCCCC3)CC2)n1. The highest BCUT2D eigenvalue weighted by molar-refractivity contribution is 5.52. The van der Waals surface area contributed by atoms with Gasteiger partial charge in [-0.3, -0.25) is 0 Å². The van der Waals surface area contributed by atoms with Gasteiger partial charge in [0.25, 0.3) is 0 Å². The minimum Gasteiger partial charge on any atom is -0.395 e. The number of hydrogen-bond acceptors (Lipinski definition) is 7. The van der Waals surface area contributed by atoms with Gasteiger partial charge in [0.05, 0.1) is 6.61 Å². The zero-order valence-corrected chi connectivity index (χ0v) is 13.7. The molecule has 0 atom stereocenters. The number of likely N-dealkylation sites (tertiary alicyclic amines) is 1. The van der Waals surface area contributed by atoms with E-state index >= 15 is 0 Å². The van der Waals surface area contributed by atoms with Crippen molar-refractivity contribution in [2.75, 3.05) is 55.3 Å². The van der Waals surface area contributed by atoms with Crippen LogP contribution in [0, 0.1) is 0 Å². The van der Waals surface area contributed by atoms with E-state index in [1.807, 2.05) is 6.07 Å². The molecule has 0 aliphatic carbocycles. The van der Waals surface area contributed by atoms with Crippen molar-refractivity contribution >= 4 is 17.6 Å². The van der Waals surface area contributed by atoms with Crippen LogP contribution in [0.1, 0.15) is 32.1 Å². The molecule has 7 heteroatoms. The molecule has 0 aromatic carbocycles. The Morgan fingerprint density at radius 2 is 1.87 bits per heavy atom. The Balaban J connectivity index is 1.59. The maximum atomic E-state index is 8.92. The molecule has 2 aliphatic heterocycles. The van der Waals surface area contributed by atoms with Gasteiger partial charge >= 0.3 is 0 Å². The Kier molecular flexibility index (Phi) is 5.51. The number of piperidine rings is 2. The second-order valence-corrected chi connectivity index (χ2v) is 6.43. The largest absolute Gasteiger partial charge is 0.395 e. The molecule has 128 valence electrons. The lowest BCUT2D eigenvalue weighted by molar-refractivity contribution is 0.141. The molecule has 4 N–H and O–H groups in total. The van der Waals surface area contributed by atoms with Crippen molar-refractivity contribution in [1.29, 1.82) is 0 Å². The summed E-state index contributed by atoms with van der Waals surface area (Å²) in [5.41, 5.74) is 5.82. The van der Waals surface area contributed by atoms with Gasteiger partial charge in [0.1, 0.15) is 11.6 Å². The van der Waals surface area contributed by atoms with Crippen LogP contribution in [-0.4, -0.2) is 65.3 Å². The first kappa shape index (κ1) is 16.3. The summed E-state index contributed by atoms with van der Waals surface area (Å²) < 4.78 is 0. The highest BCUT2D eigenvalue weighted by Gasteiger charge is 2.26. The number of hydrogen-bond donors (Lipinski definition) is 3. The molecule has 1 aromatic heterocycles. The molecule has 0 saturated carbocycles. The van der Waals surface area contributed by atoms with Gasteiger partial charge in [0.15, 0.2) is 0 Å². The monoisotopic (exact) mass is 320 g/mol. The molecule has 0 bridgehead atoms. The van der Waals surface area contributed by atoms with Crippen LogP contribution >= 0.6 is 0 Å². The first-order valence-corrected chi connectivity index (χ1v) is 8.74. The molecule has 2 aliphatic rings. The fourth-order valence-corrected chi connectivity index (χ4v) is 3.63. The first-order chi connectivity index (χ1) is 11.3. The van der Waals surface area contributed by atoms with Gasteiger partial charge in [-0.1, -0.05) is 6.42 Å². The molecule has 1 aromatic rings. The molecule has 2 fully saturated rings. The van der Waals surface area contributed by atoms with E-state index < -0.39 is 0 Å². The van der Waals surface area contributed by atoms with Gasteiger partial charge in [-0.25, -0.2) is 0 Å². The number of anilines is 3. The topological polar surface area (TPSA) is 90.5 Å². The molecular formula is C16H28N6O. The molecular weight excluding hydrogens is 292 g/mol. The number of nitrogens with one attached hydrogen (secondary N) is 1. The van der Waals surface area contributed by atoms with Crippen molar-refractivity contribution in [1.82, 2.24) is 14.9 Å². The van der Waals surface area contributed by atoms with Crippen molar-refractivity contribution < 1.29 is 5.11 Å². The van der Waals surface area contributed by atoms with E-state index in [1.54, 1.807) is 0 Å². The summed E-state index contributed by atoms with van der Waals surface area (Å²) in [6.45, 7) is 5.09. The van der Waals surface area contributed by atoms with Crippen LogP contribution in [0.25, 0.3) is 0 Å². The van der Waals surface area contributed by atoms with E-state index in [0.717, 1.165) is 24.9 Å². The molecule has 3 heterocycles. The summed E-state index contributed by atoms with van der Waals surface area (Å²) in [5.74, 6) is 1.84. The summed E-state index contributed by atoms with van der Waals surface area (Å²) in [4.78, 5) is 13.5. The Morgan fingerprint density at radius 3 is 2.57 bits per heavy atom. The molecule has 23 heavy (non-hydrogen) atoms. The lowest BCUT2D eigenvalue weighted by Crippen LogP contribution is -2.47. The molecule has 0 unspecified atom stereocenters. The number of aromatic nitrogens is 2. The van der Waals surface area contributed by atoms with Crippen molar-refractivity contribution in [2.24, 2.45) is 0 Å². The zero-order chi connectivity index (χ0) is 16.1. The summed E-state index contributed by atoms with van der Waals surface area (Å²) in [6, 6.07) is 2.64. The quantitative estimate of drug-likeness (QED) is 0.743. The van der Waals surface area contributed by atoms with Crippen molar-refractivity contribution in [2.45, 2.75) is 38.1 Å². The molecule has 0 spiro atoms. The smallest absolute Gasteiger partial charge is 0.223 e. The van der Waals surface area contributed by atoms with E-state index in [0.29, 0.717) is 12.4 Å². The second-order valence-electron chi connectivity index (χ2n) is 6.43. The lowest BCUT2D eigenvalue weighted by atomic mass is 10.00. The minimum absolute atomic E-state index is 0.0699. The normalized spacial score (nSPS) is 20.7. The van der Waals surface area contributed by atoms with Crippen LogP contribution in [0.5, 0.6) is 0 Å². The van der Waals surface area contributed by atoms with Gasteiger partial charge < -0.3 is 26.0 Å². The molecule has 2 saturated heterocycles. The average molecular weight is 320 g/mol. The number of rotatable bonds is 5. The number of nitrogens with two attached hydrogens (primary N) is 1. The van der Waals surface area contributed by atoms with Crippen LogP contribution in [0.4, 0.5) is 17.6 Å². The van der Waals surface area contributed by atoms with E-state index in [4.69, 9.17) is 10.8 Å². The second kappa shape index (κ2) is 7.79. The number of nitrogens with zero attached hydrogens (tertiary/aromatic N) is 4. The van der Waals surface area contributed by atoms with E-state index in [1.165, 1.54) is 45.2 Å².